The quantitative estimate of drug-likeness (QED) is 0.146. The summed E-state index contributed by atoms with van der Waals surface area (Å²) in [6, 6.07) is 14.1. The van der Waals surface area contributed by atoms with Gasteiger partial charge in [-0.2, -0.15) is 5.10 Å². The lowest BCUT2D eigenvalue weighted by atomic mass is 9.97. The Morgan fingerprint density at radius 3 is 2.78 bits per heavy atom. The van der Waals surface area contributed by atoms with Gasteiger partial charge in [0.25, 0.3) is 0 Å². The van der Waals surface area contributed by atoms with Gasteiger partial charge in [-0.15, -0.1) is 0 Å². The summed E-state index contributed by atoms with van der Waals surface area (Å²) < 4.78 is 35.3. The average Bonchev–Trinajstić information content (AvgIpc) is 3.50. The van der Waals surface area contributed by atoms with Crippen molar-refractivity contribution < 1.29 is 28.5 Å². The van der Waals surface area contributed by atoms with Crippen LogP contribution in [0, 0.1) is 5.82 Å². The number of benzene rings is 3. The lowest BCUT2D eigenvalue weighted by molar-refractivity contribution is 0.0214. The number of carbonyl (C=O) groups excluding carboxylic acids is 1. The predicted molar refractivity (Wildman–Crippen MR) is 172 cm³/mol. The number of aliphatic hydroxyl groups excluding tert-OH is 1. The molecule has 0 fully saturated rings. The molecule has 0 aliphatic carbocycles. The molecule has 45 heavy (non-hydrogen) atoms. The molecule has 1 aliphatic rings. The molecule has 1 aliphatic heterocycles. The van der Waals surface area contributed by atoms with Crippen molar-refractivity contribution in [3.63, 3.8) is 0 Å². The van der Waals surface area contributed by atoms with Crippen molar-refractivity contribution in [1.82, 2.24) is 14.3 Å². The molecular formula is C35H37ClFN3O5. The number of esters is 1. The number of ether oxygens (including phenoxy) is 3. The third-order valence-electron chi connectivity index (χ3n) is 8.44. The number of hydrogen-bond donors (Lipinski definition) is 1. The summed E-state index contributed by atoms with van der Waals surface area (Å²) in [4.78, 5) is 13.7. The molecule has 0 amide bonds. The SMILES string of the molecule is CCOC(=O)c1c(CCCOc2cccc3cc(F)ccc23)c2ccc(Cl)c3c2n1CCC(O)COCc1nn(C)c(CC)c1-3. The second-order valence-corrected chi connectivity index (χ2v) is 11.7. The molecule has 1 atom stereocenters. The lowest BCUT2D eigenvalue weighted by Crippen LogP contribution is -2.20. The van der Waals surface area contributed by atoms with Gasteiger partial charge in [-0.1, -0.05) is 36.7 Å². The summed E-state index contributed by atoms with van der Waals surface area (Å²) in [5.74, 6) is -0.0421. The maximum Gasteiger partial charge on any atom is 0.355 e. The molecule has 0 spiro atoms. The maximum atomic E-state index is 13.8. The highest BCUT2D eigenvalue weighted by atomic mass is 35.5. The first-order chi connectivity index (χ1) is 21.8. The Bertz CT molecular complexity index is 1880. The summed E-state index contributed by atoms with van der Waals surface area (Å²) in [6.45, 7) is 5.20. The highest BCUT2D eigenvalue weighted by Gasteiger charge is 2.30. The zero-order valence-electron chi connectivity index (χ0n) is 25.7. The van der Waals surface area contributed by atoms with Crippen LogP contribution in [0.2, 0.25) is 5.02 Å². The summed E-state index contributed by atoms with van der Waals surface area (Å²) in [7, 11) is 1.90. The van der Waals surface area contributed by atoms with Gasteiger partial charge in [-0.25, -0.2) is 9.18 Å². The van der Waals surface area contributed by atoms with Crippen LogP contribution < -0.4 is 4.74 Å². The van der Waals surface area contributed by atoms with Crippen molar-refractivity contribution in [2.75, 3.05) is 19.8 Å². The summed E-state index contributed by atoms with van der Waals surface area (Å²) >= 11 is 7.02. The van der Waals surface area contributed by atoms with Gasteiger partial charge in [0.15, 0.2) is 0 Å². The van der Waals surface area contributed by atoms with E-state index in [-0.39, 0.29) is 25.6 Å². The van der Waals surface area contributed by atoms with Crippen LogP contribution in [0.3, 0.4) is 0 Å². The van der Waals surface area contributed by atoms with Crippen molar-refractivity contribution in [2.24, 2.45) is 7.05 Å². The average molecular weight is 634 g/mol. The Hall–Kier alpha value is -3.92. The van der Waals surface area contributed by atoms with Crippen LogP contribution in [0.4, 0.5) is 4.39 Å². The van der Waals surface area contributed by atoms with Gasteiger partial charge in [-0.05, 0) is 73.9 Å². The number of aromatic nitrogens is 3. The van der Waals surface area contributed by atoms with E-state index in [1.165, 1.54) is 12.1 Å². The fourth-order valence-electron chi connectivity index (χ4n) is 6.49. The highest BCUT2D eigenvalue weighted by Crippen LogP contribution is 2.43. The first kappa shape index (κ1) is 31.1. The van der Waals surface area contributed by atoms with Crippen molar-refractivity contribution in [1.29, 1.82) is 0 Å². The Morgan fingerprint density at radius 2 is 1.98 bits per heavy atom. The highest BCUT2D eigenvalue weighted by molar-refractivity contribution is 6.35. The number of aliphatic hydroxyl groups is 1. The molecular weight excluding hydrogens is 597 g/mol. The van der Waals surface area contributed by atoms with Gasteiger partial charge < -0.3 is 23.9 Å². The van der Waals surface area contributed by atoms with Gasteiger partial charge in [0.2, 0.25) is 0 Å². The molecule has 6 rings (SSSR count). The molecule has 5 aromatic rings. The summed E-state index contributed by atoms with van der Waals surface area (Å²) in [5.41, 5.74) is 5.53. The number of fused-ring (bicyclic) bond motifs is 3. The Kier molecular flexibility index (Phi) is 9.12. The number of hydrogen-bond acceptors (Lipinski definition) is 6. The van der Waals surface area contributed by atoms with Crippen molar-refractivity contribution in [3.05, 3.63) is 82.0 Å². The van der Waals surface area contributed by atoms with Gasteiger partial charge in [0, 0.05) is 41.2 Å². The molecule has 236 valence electrons. The third-order valence-corrected chi connectivity index (χ3v) is 8.75. The minimum Gasteiger partial charge on any atom is -0.493 e. The van der Waals surface area contributed by atoms with Gasteiger partial charge in [-0.3, -0.25) is 4.68 Å². The second-order valence-electron chi connectivity index (χ2n) is 11.3. The molecule has 0 bridgehead atoms. The molecule has 2 aromatic heterocycles. The normalized spacial score (nSPS) is 15.2. The zero-order valence-corrected chi connectivity index (χ0v) is 26.5. The van der Waals surface area contributed by atoms with Crippen LogP contribution in [0.15, 0.2) is 48.5 Å². The molecule has 0 saturated heterocycles. The maximum absolute atomic E-state index is 13.8. The van der Waals surface area contributed by atoms with Crippen molar-refractivity contribution in [3.8, 4) is 16.9 Å². The largest absolute Gasteiger partial charge is 0.493 e. The number of rotatable bonds is 8. The minimum absolute atomic E-state index is 0.145. The molecule has 3 aromatic carbocycles. The molecule has 0 radical (unpaired) electrons. The van der Waals surface area contributed by atoms with Gasteiger partial charge >= 0.3 is 5.97 Å². The van der Waals surface area contributed by atoms with Crippen LogP contribution in [0.25, 0.3) is 32.8 Å². The molecule has 8 nitrogen and oxygen atoms in total. The Balaban J connectivity index is 1.46. The van der Waals surface area contributed by atoms with Crippen LogP contribution >= 0.6 is 11.6 Å². The van der Waals surface area contributed by atoms with E-state index < -0.39 is 12.1 Å². The number of nitrogens with zero attached hydrogens (tertiary/aromatic N) is 3. The minimum atomic E-state index is -0.734. The fraction of sp³-hybridized carbons (Fsp3) is 0.371. The van der Waals surface area contributed by atoms with Crippen LogP contribution in [0.1, 0.15) is 54.1 Å². The Labute approximate surface area is 266 Å². The topological polar surface area (TPSA) is 87.7 Å². The van der Waals surface area contributed by atoms with Crippen LogP contribution in [0.5, 0.6) is 5.75 Å². The number of carbonyl (C=O) groups is 1. The smallest absolute Gasteiger partial charge is 0.355 e. The van der Waals surface area contributed by atoms with Crippen LogP contribution in [-0.2, 0) is 42.5 Å². The van der Waals surface area contributed by atoms with Gasteiger partial charge in [0.05, 0.1) is 48.8 Å². The monoisotopic (exact) mass is 633 g/mol. The van der Waals surface area contributed by atoms with E-state index in [0.717, 1.165) is 49.8 Å². The van der Waals surface area contributed by atoms with E-state index in [9.17, 15) is 14.3 Å². The second kappa shape index (κ2) is 13.2. The van der Waals surface area contributed by atoms with E-state index in [1.807, 2.05) is 46.6 Å². The Morgan fingerprint density at radius 1 is 1.16 bits per heavy atom. The third kappa shape index (κ3) is 5.92. The molecule has 1 N–H and O–H groups in total. The molecule has 0 saturated carbocycles. The fourth-order valence-corrected chi connectivity index (χ4v) is 6.74. The van der Waals surface area contributed by atoms with E-state index in [2.05, 4.69) is 6.92 Å². The van der Waals surface area contributed by atoms with Gasteiger partial charge in [0.1, 0.15) is 17.3 Å². The van der Waals surface area contributed by atoms with E-state index in [4.69, 9.17) is 30.9 Å². The van der Waals surface area contributed by atoms with Crippen LogP contribution in [-0.4, -0.2) is 51.3 Å². The number of aryl methyl sites for hydroxylation is 3. The zero-order chi connectivity index (χ0) is 31.7. The first-order valence-corrected chi connectivity index (χ1v) is 15.8. The predicted octanol–water partition coefficient (Wildman–Crippen LogP) is 7.02. The summed E-state index contributed by atoms with van der Waals surface area (Å²) in [6.07, 6.45) is 1.49. The standard InChI is InChI=1S/C35H37ClFN3O5/c1-4-29-32-28(38-39(29)3)20-43-19-23(41)15-16-40-33-26(13-14-27(36)31(32)33)25(34(40)35(42)44-5-2)9-7-17-45-30-10-6-8-21-18-22(37)11-12-24(21)30/h6,8,10-14,18,23,41H,4-5,7,9,15-17,19-20H2,1-3H3. The molecule has 3 heterocycles. The first-order valence-electron chi connectivity index (χ1n) is 15.4. The lowest BCUT2D eigenvalue weighted by Gasteiger charge is -2.16. The summed E-state index contributed by atoms with van der Waals surface area (Å²) in [5, 5.41) is 18.6. The number of halogens is 2. The van der Waals surface area contributed by atoms with E-state index >= 15 is 0 Å². The van der Waals surface area contributed by atoms with Crippen molar-refractivity contribution >= 4 is 39.2 Å². The molecule has 1 unspecified atom stereocenters. The van der Waals surface area contributed by atoms with E-state index in [1.54, 1.807) is 13.0 Å². The van der Waals surface area contributed by atoms with E-state index in [0.29, 0.717) is 55.3 Å². The molecule has 10 heteroatoms. The van der Waals surface area contributed by atoms with Crippen molar-refractivity contribution in [2.45, 2.75) is 58.8 Å².